The van der Waals surface area contributed by atoms with Gasteiger partial charge in [0.05, 0.1) is 23.6 Å². The van der Waals surface area contributed by atoms with E-state index < -0.39 is 5.41 Å². The van der Waals surface area contributed by atoms with Crippen LogP contribution in [0, 0.1) is 17.9 Å². The Balaban J connectivity index is 1.94. The fourth-order valence-corrected chi connectivity index (χ4v) is 5.36. The fraction of sp³-hybridized carbons (Fsp3) is 0.0370. The Kier molecular flexibility index (Phi) is 4.78. The smallest absolute Gasteiger partial charge is 0.187 e. The van der Waals surface area contributed by atoms with Crippen LogP contribution in [0.3, 0.4) is 0 Å². The van der Waals surface area contributed by atoms with E-state index >= 15 is 0 Å². The molecule has 4 aromatic rings. The zero-order valence-electron chi connectivity index (χ0n) is 16.2. The fourth-order valence-electron chi connectivity index (χ4n) is 4.64. The molecule has 31 heavy (non-hydrogen) atoms. The van der Waals surface area contributed by atoms with Crippen molar-refractivity contribution < 1.29 is 0 Å². The molecule has 1 aliphatic carbocycles. The lowest BCUT2D eigenvalue weighted by molar-refractivity contribution is 0.767. The molecule has 5 rings (SSSR count). The number of fused-ring (bicyclic) bond motifs is 3. The summed E-state index contributed by atoms with van der Waals surface area (Å²) < 4.78 is 2.02. The van der Waals surface area contributed by atoms with Gasteiger partial charge in [-0.15, -0.1) is 0 Å². The molecule has 0 bridgehead atoms. The molecule has 0 atom stereocenters. The van der Waals surface area contributed by atoms with Gasteiger partial charge in [0, 0.05) is 8.95 Å². The first-order chi connectivity index (χ1) is 15.1. The van der Waals surface area contributed by atoms with Crippen LogP contribution < -0.4 is 0 Å². The number of benzene rings is 4. The van der Waals surface area contributed by atoms with Gasteiger partial charge in [0.25, 0.3) is 0 Å². The normalized spacial score (nSPS) is 13.0. The molecule has 0 saturated heterocycles. The van der Waals surface area contributed by atoms with Crippen LogP contribution in [0.25, 0.3) is 16.0 Å². The zero-order valence-corrected chi connectivity index (χ0v) is 19.4. The number of nitrogens with zero attached hydrogens (tertiary/aromatic N) is 2. The second-order valence-corrected chi connectivity index (χ2v) is 9.31. The van der Waals surface area contributed by atoms with Crippen LogP contribution in [0.2, 0.25) is 0 Å². The first kappa shape index (κ1) is 19.8. The van der Waals surface area contributed by atoms with Gasteiger partial charge in [-0.1, -0.05) is 80.4 Å². The van der Waals surface area contributed by atoms with E-state index in [1.165, 1.54) is 22.3 Å². The van der Waals surface area contributed by atoms with Gasteiger partial charge in [0.1, 0.15) is 0 Å². The van der Waals surface area contributed by atoms with E-state index in [1.54, 1.807) is 0 Å². The van der Waals surface area contributed by atoms with Gasteiger partial charge in [-0.2, -0.15) is 5.26 Å². The highest BCUT2D eigenvalue weighted by Gasteiger charge is 2.46. The summed E-state index contributed by atoms with van der Waals surface area (Å²) in [5.74, 6) is 0. The number of hydrogen-bond acceptors (Lipinski definition) is 1. The SMILES string of the molecule is [C-]#[N+]c1ccc(C2(c3ccc(C#N)cc3)c3cc(Br)ccc3-c3ccc(Br)cc32)cc1. The number of nitriles is 1. The summed E-state index contributed by atoms with van der Waals surface area (Å²) in [5, 5.41) is 9.33. The van der Waals surface area contributed by atoms with E-state index in [0.717, 1.165) is 20.1 Å². The van der Waals surface area contributed by atoms with Crippen molar-refractivity contribution in [1.29, 1.82) is 5.26 Å². The maximum Gasteiger partial charge on any atom is 0.187 e. The average Bonchev–Trinajstić information content (AvgIpc) is 3.08. The lowest BCUT2D eigenvalue weighted by Gasteiger charge is -2.34. The Morgan fingerprint density at radius 1 is 0.710 bits per heavy atom. The molecule has 0 fully saturated rings. The summed E-state index contributed by atoms with van der Waals surface area (Å²) in [6.45, 7) is 7.35. The largest absolute Gasteiger partial charge is 0.238 e. The Bertz CT molecular complexity index is 1300. The Hall–Kier alpha value is -3.18. The van der Waals surface area contributed by atoms with Gasteiger partial charge < -0.3 is 0 Å². The molecule has 0 unspecified atom stereocenters. The summed E-state index contributed by atoms with van der Waals surface area (Å²) in [7, 11) is 0. The number of hydrogen-bond donors (Lipinski definition) is 0. The molecular weight excluding hydrogens is 512 g/mol. The molecule has 2 nitrogen and oxygen atoms in total. The standard InChI is InChI=1S/C27H14Br2N2/c1-31-22-10-6-19(7-11-22)27(18-4-2-17(16-30)3-5-18)25-14-20(28)8-12-23(25)24-13-9-21(29)15-26(24)27/h2-15H. The third kappa shape index (κ3) is 2.95. The van der Waals surface area contributed by atoms with Gasteiger partial charge in [-0.05, 0) is 69.8 Å². The Morgan fingerprint density at radius 2 is 1.19 bits per heavy atom. The van der Waals surface area contributed by atoms with Crippen molar-refractivity contribution in [1.82, 2.24) is 0 Å². The Labute approximate surface area is 197 Å². The van der Waals surface area contributed by atoms with Gasteiger partial charge in [0.15, 0.2) is 5.69 Å². The lowest BCUT2D eigenvalue weighted by atomic mass is 9.67. The summed E-state index contributed by atoms with van der Waals surface area (Å²) in [6.07, 6.45) is 0. The Morgan fingerprint density at radius 3 is 1.65 bits per heavy atom. The molecule has 0 heterocycles. The van der Waals surface area contributed by atoms with Crippen molar-refractivity contribution in [3.8, 4) is 17.2 Å². The topological polar surface area (TPSA) is 28.1 Å². The van der Waals surface area contributed by atoms with Gasteiger partial charge in [-0.25, -0.2) is 4.85 Å². The molecule has 0 aromatic heterocycles. The quantitative estimate of drug-likeness (QED) is 0.214. The second kappa shape index (κ2) is 7.50. The molecule has 0 N–H and O–H groups in total. The van der Waals surface area contributed by atoms with Gasteiger partial charge in [-0.3, -0.25) is 0 Å². The van der Waals surface area contributed by atoms with Crippen molar-refractivity contribution in [2.24, 2.45) is 0 Å². The maximum absolute atomic E-state index is 9.33. The predicted molar refractivity (Wildman–Crippen MR) is 130 cm³/mol. The summed E-state index contributed by atoms with van der Waals surface area (Å²) in [4.78, 5) is 3.57. The van der Waals surface area contributed by atoms with Crippen LogP contribution in [-0.4, -0.2) is 0 Å². The van der Waals surface area contributed by atoms with E-state index in [9.17, 15) is 5.26 Å². The van der Waals surface area contributed by atoms with Crippen molar-refractivity contribution in [2.75, 3.05) is 0 Å². The third-order valence-corrected chi connectivity index (χ3v) is 6.92. The highest BCUT2D eigenvalue weighted by atomic mass is 79.9. The average molecular weight is 526 g/mol. The van der Waals surface area contributed by atoms with Crippen LogP contribution in [0.4, 0.5) is 5.69 Å². The molecule has 4 aromatic carbocycles. The van der Waals surface area contributed by atoms with E-state index in [4.69, 9.17) is 6.57 Å². The third-order valence-electron chi connectivity index (χ3n) is 5.94. The summed E-state index contributed by atoms with van der Waals surface area (Å²) in [6, 6.07) is 30.7. The zero-order chi connectivity index (χ0) is 21.6. The molecule has 0 saturated carbocycles. The van der Waals surface area contributed by atoms with Crippen LogP contribution in [0.5, 0.6) is 0 Å². The molecular formula is C27H14Br2N2. The molecule has 0 aliphatic heterocycles. The van der Waals surface area contributed by atoms with Crippen molar-refractivity contribution in [3.63, 3.8) is 0 Å². The van der Waals surface area contributed by atoms with Crippen LogP contribution >= 0.6 is 31.9 Å². The predicted octanol–water partition coefficient (Wildman–Crippen LogP) is 8.00. The molecule has 4 heteroatoms. The number of halogens is 2. The van der Waals surface area contributed by atoms with Gasteiger partial charge >= 0.3 is 0 Å². The minimum absolute atomic E-state index is 0.563. The second-order valence-electron chi connectivity index (χ2n) is 7.48. The number of rotatable bonds is 2. The van der Waals surface area contributed by atoms with E-state index in [1.807, 2.05) is 48.5 Å². The molecule has 146 valence electrons. The van der Waals surface area contributed by atoms with Crippen LogP contribution in [0.1, 0.15) is 27.8 Å². The van der Waals surface area contributed by atoms with Crippen LogP contribution in [0.15, 0.2) is 93.9 Å². The van der Waals surface area contributed by atoms with E-state index in [2.05, 4.69) is 79.2 Å². The van der Waals surface area contributed by atoms with Crippen LogP contribution in [-0.2, 0) is 5.41 Å². The monoisotopic (exact) mass is 524 g/mol. The maximum atomic E-state index is 9.33. The van der Waals surface area contributed by atoms with E-state index in [-0.39, 0.29) is 0 Å². The first-order valence-corrected chi connectivity index (χ1v) is 11.3. The van der Waals surface area contributed by atoms with Crippen molar-refractivity contribution in [3.05, 3.63) is 133 Å². The molecule has 0 spiro atoms. The lowest BCUT2D eigenvalue weighted by Crippen LogP contribution is -2.28. The minimum Gasteiger partial charge on any atom is -0.238 e. The highest BCUT2D eigenvalue weighted by Crippen LogP contribution is 2.57. The first-order valence-electron chi connectivity index (χ1n) is 9.67. The van der Waals surface area contributed by atoms with Crippen molar-refractivity contribution in [2.45, 2.75) is 5.41 Å². The minimum atomic E-state index is -0.563. The molecule has 1 aliphatic rings. The highest BCUT2D eigenvalue weighted by molar-refractivity contribution is 9.10. The molecule has 0 amide bonds. The molecule has 0 radical (unpaired) electrons. The van der Waals surface area contributed by atoms with Gasteiger partial charge in [0.2, 0.25) is 0 Å². The van der Waals surface area contributed by atoms with E-state index in [0.29, 0.717) is 11.3 Å². The summed E-state index contributed by atoms with van der Waals surface area (Å²) in [5.41, 5.74) is 7.57. The summed E-state index contributed by atoms with van der Waals surface area (Å²) >= 11 is 7.35. The van der Waals surface area contributed by atoms with Crippen molar-refractivity contribution >= 4 is 37.5 Å².